The van der Waals surface area contributed by atoms with Crippen LogP contribution >= 0.6 is 22.7 Å². The van der Waals surface area contributed by atoms with Crippen LogP contribution in [0.2, 0.25) is 0 Å². The van der Waals surface area contributed by atoms with Crippen LogP contribution in [-0.4, -0.2) is 38.0 Å². The van der Waals surface area contributed by atoms with Gasteiger partial charge in [-0.25, -0.2) is 9.59 Å². The maximum Gasteiger partial charge on any atom is 0.341 e. The number of hydrogen-bond acceptors (Lipinski definition) is 8. The number of amides is 2. The Balaban J connectivity index is 1.14. The zero-order valence-electron chi connectivity index (χ0n) is 21.5. The molecular weight excluding hydrogens is 512 g/mol. The summed E-state index contributed by atoms with van der Waals surface area (Å²) in [5.41, 5.74) is 3.11. The summed E-state index contributed by atoms with van der Waals surface area (Å²) in [6.45, 7) is 0. The lowest BCUT2D eigenvalue weighted by Crippen LogP contribution is -2.14. The lowest BCUT2D eigenvalue weighted by Gasteiger charge is -2.08. The second-order valence-corrected chi connectivity index (χ2v) is 11.7. The summed E-state index contributed by atoms with van der Waals surface area (Å²) in [7, 11) is 2.73. The van der Waals surface area contributed by atoms with E-state index in [0.717, 1.165) is 81.8 Å². The van der Waals surface area contributed by atoms with Gasteiger partial charge in [-0.15, -0.1) is 22.7 Å². The first-order valence-corrected chi connectivity index (χ1v) is 14.6. The number of thiophene rings is 2. The predicted octanol–water partition coefficient (Wildman–Crippen LogP) is 5.67. The summed E-state index contributed by atoms with van der Waals surface area (Å²) in [6, 6.07) is 0. The molecule has 0 saturated heterocycles. The van der Waals surface area contributed by atoms with Crippen molar-refractivity contribution in [3.8, 4) is 0 Å². The summed E-state index contributed by atoms with van der Waals surface area (Å²) in [4.78, 5) is 51.7. The second-order valence-electron chi connectivity index (χ2n) is 9.47. The Morgan fingerprint density at radius 2 is 1.05 bits per heavy atom. The number of carbonyl (C=O) groups is 4. The number of fused-ring (bicyclic) bond motifs is 2. The van der Waals surface area contributed by atoms with Gasteiger partial charge < -0.3 is 20.1 Å². The van der Waals surface area contributed by atoms with Gasteiger partial charge >= 0.3 is 11.9 Å². The lowest BCUT2D eigenvalue weighted by atomic mass is 10.1. The van der Waals surface area contributed by atoms with E-state index in [1.807, 2.05) is 0 Å². The third kappa shape index (κ3) is 6.41. The Kier molecular flexibility index (Phi) is 9.37. The van der Waals surface area contributed by atoms with Gasteiger partial charge in [0.2, 0.25) is 11.8 Å². The average molecular weight is 547 g/mol. The fourth-order valence-corrected chi connectivity index (χ4v) is 7.69. The molecule has 2 amide bonds. The van der Waals surface area contributed by atoms with E-state index in [2.05, 4.69) is 10.6 Å². The van der Waals surface area contributed by atoms with E-state index in [9.17, 15) is 19.2 Å². The van der Waals surface area contributed by atoms with E-state index in [1.165, 1.54) is 46.6 Å². The molecule has 0 saturated carbocycles. The van der Waals surface area contributed by atoms with Crippen molar-refractivity contribution in [1.29, 1.82) is 0 Å². The number of hydrogen-bond donors (Lipinski definition) is 2. The normalized spacial score (nSPS) is 13.7. The van der Waals surface area contributed by atoms with Crippen LogP contribution in [0, 0.1) is 0 Å². The zero-order chi connectivity index (χ0) is 26.4. The summed E-state index contributed by atoms with van der Waals surface area (Å²) >= 11 is 2.98. The number of nitrogens with one attached hydrogen (secondary N) is 2. The highest BCUT2D eigenvalue weighted by Crippen LogP contribution is 2.40. The summed E-state index contributed by atoms with van der Waals surface area (Å²) in [5.74, 6) is -0.950. The monoisotopic (exact) mass is 546 g/mol. The van der Waals surface area contributed by atoms with Crippen LogP contribution < -0.4 is 10.6 Å². The van der Waals surface area contributed by atoms with Crippen LogP contribution in [0.1, 0.15) is 99.4 Å². The maximum absolute atomic E-state index is 12.5. The maximum atomic E-state index is 12.5. The molecule has 2 heterocycles. The van der Waals surface area contributed by atoms with Gasteiger partial charge in [0, 0.05) is 22.6 Å². The van der Waals surface area contributed by atoms with Crippen LogP contribution in [0.25, 0.3) is 0 Å². The number of unbranched alkanes of at least 4 members (excludes halogenated alkanes) is 4. The van der Waals surface area contributed by atoms with E-state index < -0.39 is 0 Å². The Bertz CT molecular complexity index is 1090. The highest BCUT2D eigenvalue weighted by molar-refractivity contribution is 7.17. The molecule has 0 fully saturated rings. The molecule has 2 aromatic rings. The molecule has 0 bridgehead atoms. The number of esters is 2. The van der Waals surface area contributed by atoms with Crippen molar-refractivity contribution in [2.75, 3.05) is 24.9 Å². The van der Waals surface area contributed by atoms with Crippen molar-refractivity contribution in [2.45, 2.75) is 83.5 Å². The average Bonchev–Trinajstić information content (AvgIpc) is 3.64. The Hall–Kier alpha value is -2.72. The van der Waals surface area contributed by atoms with Crippen molar-refractivity contribution in [1.82, 2.24) is 0 Å². The SMILES string of the molecule is COC(=O)c1c(NC(=O)CCCCCCCC(=O)Nc2sc3c(c2C(=O)OC)CCC3)sc2c1CCC2. The van der Waals surface area contributed by atoms with Gasteiger partial charge in [-0.3, -0.25) is 9.59 Å². The third-order valence-corrected chi connectivity index (χ3v) is 9.35. The van der Waals surface area contributed by atoms with Crippen molar-refractivity contribution in [2.24, 2.45) is 0 Å². The van der Waals surface area contributed by atoms with Crippen LogP contribution in [-0.2, 0) is 44.7 Å². The second kappa shape index (κ2) is 12.7. The number of ether oxygens (including phenoxy) is 2. The molecule has 2 N–H and O–H groups in total. The molecule has 10 heteroatoms. The minimum Gasteiger partial charge on any atom is -0.465 e. The molecule has 0 aromatic carbocycles. The largest absolute Gasteiger partial charge is 0.465 e. The van der Waals surface area contributed by atoms with Gasteiger partial charge in [-0.2, -0.15) is 0 Å². The van der Waals surface area contributed by atoms with Gasteiger partial charge in [0.1, 0.15) is 10.0 Å². The Morgan fingerprint density at radius 3 is 1.46 bits per heavy atom. The van der Waals surface area contributed by atoms with E-state index in [0.29, 0.717) is 34.0 Å². The van der Waals surface area contributed by atoms with Gasteiger partial charge in [0.15, 0.2) is 0 Å². The first kappa shape index (κ1) is 27.3. The lowest BCUT2D eigenvalue weighted by molar-refractivity contribution is -0.117. The van der Waals surface area contributed by atoms with E-state index in [4.69, 9.17) is 9.47 Å². The molecule has 0 radical (unpaired) electrons. The first-order chi connectivity index (χ1) is 17.9. The molecule has 0 aliphatic heterocycles. The van der Waals surface area contributed by atoms with Crippen molar-refractivity contribution < 1.29 is 28.7 Å². The highest BCUT2D eigenvalue weighted by Gasteiger charge is 2.29. The minimum atomic E-state index is -0.386. The highest BCUT2D eigenvalue weighted by atomic mass is 32.1. The Labute approximate surface area is 225 Å². The molecule has 0 atom stereocenters. The summed E-state index contributed by atoms with van der Waals surface area (Å²) in [5, 5.41) is 7.06. The third-order valence-electron chi connectivity index (χ3n) is 6.94. The van der Waals surface area contributed by atoms with Crippen LogP contribution in [0.4, 0.5) is 10.0 Å². The fraction of sp³-hybridized carbons (Fsp3) is 0.556. The van der Waals surface area contributed by atoms with Crippen LogP contribution in [0.15, 0.2) is 0 Å². The van der Waals surface area contributed by atoms with E-state index in [1.54, 1.807) is 0 Å². The molecule has 200 valence electrons. The van der Waals surface area contributed by atoms with Gasteiger partial charge in [0.05, 0.1) is 25.3 Å². The Morgan fingerprint density at radius 1 is 0.649 bits per heavy atom. The number of methoxy groups -OCH3 is 2. The molecule has 0 spiro atoms. The van der Waals surface area contributed by atoms with Crippen molar-refractivity contribution in [3.05, 3.63) is 32.0 Å². The first-order valence-electron chi connectivity index (χ1n) is 13.0. The summed E-state index contributed by atoms with van der Waals surface area (Å²) in [6.07, 6.45) is 10.7. The number of aryl methyl sites for hydroxylation is 2. The number of carbonyl (C=O) groups excluding carboxylic acids is 4. The molecule has 8 nitrogen and oxygen atoms in total. The van der Waals surface area contributed by atoms with E-state index >= 15 is 0 Å². The van der Waals surface area contributed by atoms with Crippen molar-refractivity contribution in [3.63, 3.8) is 0 Å². The van der Waals surface area contributed by atoms with Crippen LogP contribution in [0.5, 0.6) is 0 Å². The van der Waals surface area contributed by atoms with Gasteiger partial charge in [-0.05, 0) is 62.5 Å². The quantitative estimate of drug-likeness (QED) is 0.262. The van der Waals surface area contributed by atoms with E-state index in [-0.39, 0.29) is 23.8 Å². The van der Waals surface area contributed by atoms with Crippen molar-refractivity contribution >= 4 is 56.4 Å². The van der Waals surface area contributed by atoms with Gasteiger partial charge in [0.25, 0.3) is 0 Å². The minimum absolute atomic E-state index is 0.0892. The molecule has 2 aliphatic rings. The molecule has 4 rings (SSSR count). The number of anilines is 2. The summed E-state index contributed by atoms with van der Waals surface area (Å²) < 4.78 is 9.86. The van der Waals surface area contributed by atoms with Crippen LogP contribution in [0.3, 0.4) is 0 Å². The fourth-order valence-electron chi connectivity index (χ4n) is 5.10. The van der Waals surface area contributed by atoms with Gasteiger partial charge in [-0.1, -0.05) is 19.3 Å². The zero-order valence-corrected chi connectivity index (χ0v) is 23.1. The predicted molar refractivity (Wildman–Crippen MR) is 145 cm³/mol. The molecule has 0 unspecified atom stereocenters. The molecule has 2 aromatic heterocycles. The smallest absolute Gasteiger partial charge is 0.341 e. The number of rotatable bonds is 12. The standard InChI is InChI=1S/C27H34N2O6S2/c1-34-26(32)22-16-10-8-12-18(16)36-24(22)28-20(30)14-6-4-3-5-7-15-21(31)29-25-23(27(33)35-2)17-11-9-13-19(17)37-25/h3-15H2,1-2H3,(H,28,30)(H,29,31). The molecule has 2 aliphatic carbocycles. The molecular formula is C27H34N2O6S2. The topological polar surface area (TPSA) is 111 Å². The molecule has 37 heavy (non-hydrogen) atoms.